The van der Waals surface area contributed by atoms with E-state index in [0.29, 0.717) is 17.0 Å². The molecule has 0 saturated carbocycles. The van der Waals surface area contributed by atoms with Gasteiger partial charge >= 0.3 is 0 Å². The number of rotatable bonds is 4. The van der Waals surface area contributed by atoms with Gasteiger partial charge in [0.25, 0.3) is 0 Å². The average molecular weight is 268 g/mol. The van der Waals surface area contributed by atoms with Crippen molar-refractivity contribution in [2.45, 2.75) is 19.4 Å². The second kappa shape index (κ2) is 5.41. The third-order valence-electron chi connectivity index (χ3n) is 2.68. The summed E-state index contributed by atoms with van der Waals surface area (Å²) in [5.41, 5.74) is 0.866. The first-order valence-electron chi connectivity index (χ1n) is 5.50. The maximum atomic E-state index is 14.0. The summed E-state index contributed by atoms with van der Waals surface area (Å²) in [6, 6.07) is 4.68. The van der Waals surface area contributed by atoms with Gasteiger partial charge in [-0.1, -0.05) is 23.5 Å². The molecule has 96 valence electrons. The van der Waals surface area contributed by atoms with E-state index in [1.807, 2.05) is 6.92 Å². The zero-order valence-electron chi connectivity index (χ0n) is 10.1. The van der Waals surface area contributed by atoms with E-state index in [4.69, 9.17) is 4.74 Å². The highest BCUT2D eigenvalue weighted by atomic mass is 32.1. The Morgan fingerprint density at radius 2 is 2.28 bits per heavy atom. The van der Waals surface area contributed by atoms with Crippen LogP contribution in [0.5, 0.6) is 5.75 Å². The Balaban J connectivity index is 2.43. The summed E-state index contributed by atoms with van der Waals surface area (Å²) >= 11 is 1.08. The number of hydrogen-bond acceptors (Lipinski definition) is 5. The molecule has 6 heteroatoms. The molecule has 0 saturated heterocycles. The SMILES string of the molecule is CCc1nnsc1C(O)c1cccc(OC)c1F. The minimum absolute atomic E-state index is 0.113. The van der Waals surface area contributed by atoms with Crippen molar-refractivity contribution in [1.29, 1.82) is 0 Å². The second-order valence-electron chi connectivity index (χ2n) is 3.70. The summed E-state index contributed by atoms with van der Waals surface area (Å²) in [7, 11) is 1.39. The van der Waals surface area contributed by atoms with E-state index in [1.54, 1.807) is 6.07 Å². The first kappa shape index (κ1) is 12.9. The van der Waals surface area contributed by atoms with Gasteiger partial charge in [0.15, 0.2) is 11.6 Å². The molecule has 0 spiro atoms. The first-order valence-corrected chi connectivity index (χ1v) is 6.28. The summed E-state index contributed by atoms with van der Waals surface area (Å²) in [5, 5.41) is 14.1. The number of aryl methyl sites for hydroxylation is 1. The van der Waals surface area contributed by atoms with E-state index in [0.717, 1.165) is 11.5 Å². The van der Waals surface area contributed by atoms with Crippen LogP contribution in [-0.4, -0.2) is 21.8 Å². The molecule has 0 radical (unpaired) electrons. The first-order chi connectivity index (χ1) is 8.69. The fourth-order valence-corrected chi connectivity index (χ4v) is 2.45. The minimum atomic E-state index is -1.06. The van der Waals surface area contributed by atoms with E-state index < -0.39 is 11.9 Å². The Morgan fingerprint density at radius 1 is 1.50 bits per heavy atom. The van der Waals surface area contributed by atoms with Crippen LogP contribution in [0.3, 0.4) is 0 Å². The highest BCUT2D eigenvalue weighted by Gasteiger charge is 2.22. The van der Waals surface area contributed by atoms with E-state index in [2.05, 4.69) is 9.59 Å². The zero-order chi connectivity index (χ0) is 13.1. The van der Waals surface area contributed by atoms with Crippen molar-refractivity contribution < 1.29 is 14.2 Å². The lowest BCUT2D eigenvalue weighted by atomic mass is 10.1. The number of methoxy groups -OCH3 is 1. The van der Waals surface area contributed by atoms with E-state index in [1.165, 1.54) is 19.2 Å². The molecule has 2 rings (SSSR count). The zero-order valence-corrected chi connectivity index (χ0v) is 10.9. The Bertz CT molecular complexity index is 545. The van der Waals surface area contributed by atoms with Crippen molar-refractivity contribution in [2.75, 3.05) is 7.11 Å². The maximum absolute atomic E-state index is 14.0. The van der Waals surface area contributed by atoms with Crippen molar-refractivity contribution in [3.8, 4) is 5.75 Å². The number of nitrogens with zero attached hydrogens (tertiary/aromatic N) is 2. The molecule has 1 aromatic carbocycles. The smallest absolute Gasteiger partial charge is 0.171 e. The molecule has 0 fully saturated rings. The van der Waals surface area contributed by atoms with Gasteiger partial charge in [0.05, 0.1) is 17.7 Å². The summed E-state index contributed by atoms with van der Waals surface area (Å²) in [6.07, 6.45) is -0.413. The van der Waals surface area contributed by atoms with Crippen LogP contribution >= 0.6 is 11.5 Å². The van der Waals surface area contributed by atoms with Gasteiger partial charge in [0, 0.05) is 5.56 Å². The largest absolute Gasteiger partial charge is 0.494 e. The minimum Gasteiger partial charge on any atom is -0.494 e. The summed E-state index contributed by atoms with van der Waals surface area (Å²) in [4.78, 5) is 0.574. The number of halogens is 1. The van der Waals surface area contributed by atoms with Crippen LogP contribution in [0, 0.1) is 5.82 Å². The lowest BCUT2D eigenvalue weighted by Gasteiger charge is -2.12. The molecule has 0 aliphatic heterocycles. The third kappa shape index (κ3) is 2.21. The maximum Gasteiger partial charge on any atom is 0.171 e. The number of ether oxygens (including phenoxy) is 1. The highest BCUT2D eigenvalue weighted by Crippen LogP contribution is 2.32. The van der Waals surface area contributed by atoms with Crippen molar-refractivity contribution in [1.82, 2.24) is 9.59 Å². The van der Waals surface area contributed by atoms with E-state index in [9.17, 15) is 9.50 Å². The van der Waals surface area contributed by atoms with Crippen molar-refractivity contribution in [2.24, 2.45) is 0 Å². The summed E-state index contributed by atoms with van der Waals surface area (Å²) in [6.45, 7) is 1.91. The van der Waals surface area contributed by atoms with Gasteiger partial charge in [0.2, 0.25) is 0 Å². The third-order valence-corrected chi connectivity index (χ3v) is 3.49. The van der Waals surface area contributed by atoms with Crippen molar-refractivity contribution in [3.05, 3.63) is 40.2 Å². The molecule has 2 aromatic rings. The quantitative estimate of drug-likeness (QED) is 0.924. The molecule has 4 nitrogen and oxygen atoms in total. The molecule has 0 bridgehead atoms. The molecule has 0 aliphatic carbocycles. The van der Waals surface area contributed by atoms with Gasteiger partial charge in [-0.2, -0.15) is 0 Å². The van der Waals surface area contributed by atoms with Crippen LogP contribution in [0.15, 0.2) is 18.2 Å². The lowest BCUT2D eigenvalue weighted by molar-refractivity contribution is 0.215. The van der Waals surface area contributed by atoms with Crippen LogP contribution < -0.4 is 4.74 Å². The number of hydrogen-bond donors (Lipinski definition) is 1. The predicted octanol–water partition coefficient (Wildman–Crippen LogP) is 2.33. The molecule has 0 amide bonds. The topological polar surface area (TPSA) is 55.2 Å². The Kier molecular flexibility index (Phi) is 3.88. The molecule has 18 heavy (non-hydrogen) atoms. The van der Waals surface area contributed by atoms with Gasteiger partial charge in [-0.15, -0.1) is 5.10 Å². The molecule has 0 aliphatic rings. The lowest BCUT2D eigenvalue weighted by Crippen LogP contribution is -2.04. The fourth-order valence-electron chi connectivity index (χ4n) is 1.71. The monoisotopic (exact) mass is 268 g/mol. The van der Waals surface area contributed by atoms with Crippen LogP contribution in [0.4, 0.5) is 4.39 Å². The Morgan fingerprint density at radius 3 is 2.94 bits per heavy atom. The molecule has 1 unspecified atom stereocenters. The van der Waals surface area contributed by atoms with Gasteiger partial charge < -0.3 is 9.84 Å². The van der Waals surface area contributed by atoms with Gasteiger partial charge in [-0.3, -0.25) is 0 Å². The van der Waals surface area contributed by atoms with Crippen LogP contribution in [-0.2, 0) is 6.42 Å². The van der Waals surface area contributed by atoms with Crippen molar-refractivity contribution in [3.63, 3.8) is 0 Å². The summed E-state index contributed by atoms with van der Waals surface area (Å²) < 4.78 is 22.7. The summed E-state index contributed by atoms with van der Waals surface area (Å²) in [5.74, 6) is -0.440. The highest BCUT2D eigenvalue weighted by molar-refractivity contribution is 7.05. The molecule has 1 atom stereocenters. The van der Waals surface area contributed by atoms with Gasteiger partial charge in [0.1, 0.15) is 6.10 Å². The number of aliphatic hydroxyl groups is 1. The average Bonchev–Trinajstić information content (AvgIpc) is 2.86. The Hall–Kier alpha value is -1.53. The number of aliphatic hydroxyl groups excluding tert-OH is 1. The van der Waals surface area contributed by atoms with E-state index in [-0.39, 0.29) is 11.3 Å². The number of benzene rings is 1. The van der Waals surface area contributed by atoms with E-state index >= 15 is 0 Å². The normalized spacial score (nSPS) is 12.4. The molecule has 1 heterocycles. The van der Waals surface area contributed by atoms with Crippen LogP contribution in [0.2, 0.25) is 0 Å². The number of aromatic nitrogens is 2. The fraction of sp³-hybridized carbons (Fsp3) is 0.333. The van der Waals surface area contributed by atoms with Crippen LogP contribution in [0.1, 0.15) is 29.2 Å². The molecular weight excluding hydrogens is 255 g/mol. The van der Waals surface area contributed by atoms with Gasteiger partial charge in [-0.25, -0.2) is 4.39 Å². The second-order valence-corrected chi connectivity index (χ2v) is 4.49. The molecular formula is C12H13FN2O2S. The van der Waals surface area contributed by atoms with Crippen LogP contribution in [0.25, 0.3) is 0 Å². The predicted molar refractivity (Wildman–Crippen MR) is 66.3 cm³/mol. The molecule has 1 N–H and O–H groups in total. The Labute approximate surface area is 108 Å². The van der Waals surface area contributed by atoms with Gasteiger partial charge in [-0.05, 0) is 24.0 Å². The van der Waals surface area contributed by atoms with Crippen molar-refractivity contribution >= 4 is 11.5 Å². The standard InChI is InChI=1S/C12H13FN2O2S/c1-3-8-12(18-15-14-8)11(16)7-5-4-6-9(17-2)10(7)13/h4-6,11,16H,3H2,1-2H3. The molecule has 1 aromatic heterocycles.